The standard InChI is InChI=1S/C25H37N5O3/c1-28-21-13-17-30(18-20(21)24(27-28)25(33)29-15-6-3-7-16-29)23(32)11-10-22(31)26-14-12-19-8-4-2-5-9-19/h8H,2-7,9-18H2,1H3,(H,26,31). The van der Waals surface area contributed by atoms with Crippen LogP contribution in [0.3, 0.4) is 0 Å². The Morgan fingerprint density at radius 1 is 0.970 bits per heavy atom. The zero-order valence-electron chi connectivity index (χ0n) is 19.9. The van der Waals surface area contributed by atoms with Gasteiger partial charge < -0.3 is 15.1 Å². The lowest BCUT2D eigenvalue weighted by Gasteiger charge is -2.29. The molecule has 0 saturated carbocycles. The van der Waals surface area contributed by atoms with Crippen LogP contribution in [0.4, 0.5) is 0 Å². The molecule has 8 nitrogen and oxygen atoms in total. The first-order valence-corrected chi connectivity index (χ1v) is 12.6. The van der Waals surface area contributed by atoms with Crippen LogP contribution >= 0.6 is 0 Å². The number of rotatable bonds is 7. The van der Waals surface area contributed by atoms with Crippen molar-refractivity contribution in [2.75, 3.05) is 26.2 Å². The van der Waals surface area contributed by atoms with E-state index in [0.717, 1.165) is 62.9 Å². The molecule has 1 aromatic heterocycles. The predicted octanol–water partition coefficient (Wildman–Crippen LogP) is 2.72. The van der Waals surface area contributed by atoms with E-state index in [1.165, 1.54) is 18.4 Å². The third-order valence-electron chi connectivity index (χ3n) is 7.16. The Balaban J connectivity index is 1.28. The van der Waals surface area contributed by atoms with E-state index in [4.69, 9.17) is 0 Å². The average molecular weight is 456 g/mol. The van der Waals surface area contributed by atoms with Gasteiger partial charge in [0.25, 0.3) is 5.91 Å². The van der Waals surface area contributed by atoms with Crippen LogP contribution in [0.15, 0.2) is 11.6 Å². The molecule has 180 valence electrons. The number of carbonyl (C=O) groups excluding carboxylic acids is 3. The number of hydrogen-bond acceptors (Lipinski definition) is 4. The maximum atomic E-state index is 13.1. The summed E-state index contributed by atoms with van der Waals surface area (Å²) in [6.07, 6.45) is 12.3. The van der Waals surface area contributed by atoms with Crippen molar-refractivity contribution in [3.63, 3.8) is 0 Å². The lowest BCUT2D eigenvalue weighted by Crippen LogP contribution is -2.39. The summed E-state index contributed by atoms with van der Waals surface area (Å²) in [5.41, 5.74) is 3.84. The molecule has 1 N–H and O–H groups in total. The number of aryl methyl sites for hydroxylation is 1. The summed E-state index contributed by atoms with van der Waals surface area (Å²) in [5.74, 6) is -0.126. The van der Waals surface area contributed by atoms with E-state index < -0.39 is 0 Å². The van der Waals surface area contributed by atoms with Gasteiger partial charge in [0.05, 0.1) is 0 Å². The first-order chi connectivity index (χ1) is 16.0. The Morgan fingerprint density at radius 2 is 1.79 bits per heavy atom. The van der Waals surface area contributed by atoms with E-state index in [-0.39, 0.29) is 30.6 Å². The summed E-state index contributed by atoms with van der Waals surface area (Å²) in [6, 6.07) is 0. The first-order valence-electron chi connectivity index (χ1n) is 12.6. The zero-order chi connectivity index (χ0) is 23.2. The van der Waals surface area contributed by atoms with Crippen LogP contribution in [0.5, 0.6) is 0 Å². The second-order valence-corrected chi connectivity index (χ2v) is 9.52. The van der Waals surface area contributed by atoms with E-state index in [0.29, 0.717) is 31.7 Å². The topological polar surface area (TPSA) is 87.5 Å². The van der Waals surface area contributed by atoms with Crippen LogP contribution in [0.25, 0.3) is 0 Å². The Morgan fingerprint density at radius 3 is 2.55 bits per heavy atom. The SMILES string of the molecule is Cn1nc(C(=O)N2CCCCC2)c2c1CCN(C(=O)CCC(=O)NCCC1=CCCCC1)C2. The maximum absolute atomic E-state index is 13.1. The van der Waals surface area contributed by atoms with E-state index in [9.17, 15) is 14.4 Å². The van der Waals surface area contributed by atoms with Gasteiger partial charge in [-0.1, -0.05) is 11.6 Å². The molecule has 0 radical (unpaired) electrons. The summed E-state index contributed by atoms with van der Waals surface area (Å²) >= 11 is 0. The highest BCUT2D eigenvalue weighted by molar-refractivity contribution is 5.94. The molecule has 3 aliphatic rings. The van der Waals surface area contributed by atoms with Crippen molar-refractivity contribution in [1.29, 1.82) is 0 Å². The molecule has 33 heavy (non-hydrogen) atoms. The lowest BCUT2D eigenvalue weighted by atomic mass is 9.97. The number of amides is 3. The van der Waals surface area contributed by atoms with Crippen LogP contribution in [0.2, 0.25) is 0 Å². The Bertz CT molecular complexity index is 913. The monoisotopic (exact) mass is 455 g/mol. The molecule has 1 aliphatic carbocycles. The summed E-state index contributed by atoms with van der Waals surface area (Å²) in [6.45, 7) is 3.19. The third-order valence-corrected chi connectivity index (χ3v) is 7.16. The van der Waals surface area contributed by atoms with Crippen LogP contribution in [-0.4, -0.2) is 63.5 Å². The number of aromatic nitrogens is 2. The highest BCUT2D eigenvalue weighted by atomic mass is 16.2. The van der Waals surface area contributed by atoms with Gasteiger partial charge in [-0.2, -0.15) is 5.10 Å². The van der Waals surface area contributed by atoms with Crippen molar-refractivity contribution in [3.05, 3.63) is 28.6 Å². The van der Waals surface area contributed by atoms with E-state index in [2.05, 4.69) is 16.5 Å². The summed E-state index contributed by atoms with van der Waals surface area (Å²) in [7, 11) is 1.87. The van der Waals surface area contributed by atoms with E-state index in [1.807, 2.05) is 11.9 Å². The minimum absolute atomic E-state index is 0.0201. The molecule has 1 aromatic rings. The molecule has 0 bridgehead atoms. The minimum atomic E-state index is -0.0696. The molecule has 3 heterocycles. The number of allylic oxidation sites excluding steroid dienone is 1. The molecule has 4 rings (SSSR count). The quantitative estimate of drug-likeness (QED) is 0.641. The summed E-state index contributed by atoms with van der Waals surface area (Å²) < 4.78 is 1.80. The number of piperidine rings is 1. The van der Waals surface area contributed by atoms with Gasteiger partial charge in [-0.25, -0.2) is 0 Å². The fourth-order valence-electron chi connectivity index (χ4n) is 5.18. The van der Waals surface area contributed by atoms with Gasteiger partial charge in [0, 0.05) is 70.3 Å². The normalized spacial score (nSPS) is 18.5. The minimum Gasteiger partial charge on any atom is -0.356 e. The van der Waals surface area contributed by atoms with Crippen molar-refractivity contribution in [2.24, 2.45) is 7.05 Å². The van der Waals surface area contributed by atoms with Crippen molar-refractivity contribution < 1.29 is 14.4 Å². The summed E-state index contributed by atoms with van der Waals surface area (Å²) in [5, 5.41) is 7.48. The molecule has 8 heteroatoms. The number of likely N-dealkylation sites (tertiary alicyclic amines) is 1. The number of nitrogens with zero attached hydrogens (tertiary/aromatic N) is 4. The number of nitrogens with one attached hydrogen (secondary N) is 1. The molecule has 0 atom stereocenters. The van der Waals surface area contributed by atoms with Crippen LogP contribution < -0.4 is 5.32 Å². The van der Waals surface area contributed by atoms with Crippen molar-refractivity contribution in [3.8, 4) is 0 Å². The fourth-order valence-corrected chi connectivity index (χ4v) is 5.18. The number of hydrogen-bond donors (Lipinski definition) is 1. The molecule has 1 fully saturated rings. The van der Waals surface area contributed by atoms with Gasteiger partial charge in [-0.15, -0.1) is 0 Å². The highest BCUT2D eigenvalue weighted by Gasteiger charge is 2.31. The number of carbonyl (C=O) groups is 3. The Hall–Kier alpha value is -2.64. The second-order valence-electron chi connectivity index (χ2n) is 9.52. The Labute approximate surface area is 196 Å². The van der Waals surface area contributed by atoms with Gasteiger partial charge >= 0.3 is 0 Å². The van der Waals surface area contributed by atoms with Crippen LogP contribution in [0.1, 0.15) is 86.0 Å². The highest BCUT2D eigenvalue weighted by Crippen LogP contribution is 2.25. The molecule has 0 spiro atoms. The van der Waals surface area contributed by atoms with Gasteiger partial charge in [-0.05, 0) is 51.4 Å². The van der Waals surface area contributed by atoms with Crippen LogP contribution in [0, 0.1) is 0 Å². The largest absolute Gasteiger partial charge is 0.356 e. The van der Waals surface area contributed by atoms with Gasteiger partial charge in [0.1, 0.15) is 0 Å². The Kier molecular flexibility index (Phi) is 7.83. The van der Waals surface area contributed by atoms with Crippen molar-refractivity contribution in [2.45, 2.75) is 77.2 Å². The second kappa shape index (κ2) is 11.0. The molecular weight excluding hydrogens is 418 g/mol. The number of fused-ring (bicyclic) bond motifs is 1. The van der Waals surface area contributed by atoms with Gasteiger partial charge in [0.15, 0.2) is 5.69 Å². The molecular formula is C25H37N5O3. The molecule has 2 aliphatic heterocycles. The average Bonchev–Trinajstić information content (AvgIpc) is 3.19. The smallest absolute Gasteiger partial charge is 0.274 e. The predicted molar refractivity (Wildman–Crippen MR) is 125 cm³/mol. The van der Waals surface area contributed by atoms with Gasteiger partial charge in [0.2, 0.25) is 11.8 Å². The molecule has 0 aromatic carbocycles. The van der Waals surface area contributed by atoms with E-state index >= 15 is 0 Å². The lowest BCUT2D eigenvalue weighted by molar-refractivity contribution is -0.134. The van der Waals surface area contributed by atoms with Crippen molar-refractivity contribution >= 4 is 17.7 Å². The van der Waals surface area contributed by atoms with Crippen molar-refractivity contribution in [1.82, 2.24) is 24.9 Å². The summed E-state index contributed by atoms with van der Waals surface area (Å²) in [4.78, 5) is 41.8. The third kappa shape index (κ3) is 5.84. The maximum Gasteiger partial charge on any atom is 0.274 e. The van der Waals surface area contributed by atoms with Gasteiger partial charge in [-0.3, -0.25) is 19.1 Å². The first kappa shape index (κ1) is 23.5. The zero-order valence-corrected chi connectivity index (χ0v) is 19.9. The molecule has 0 unspecified atom stereocenters. The molecule has 3 amide bonds. The van der Waals surface area contributed by atoms with E-state index in [1.54, 1.807) is 9.58 Å². The fraction of sp³-hybridized carbons (Fsp3) is 0.680. The van der Waals surface area contributed by atoms with Crippen LogP contribution in [-0.2, 0) is 29.6 Å². The molecule has 1 saturated heterocycles.